The lowest BCUT2D eigenvalue weighted by Gasteiger charge is -2.12. The zero-order chi connectivity index (χ0) is 19.5. The summed E-state index contributed by atoms with van der Waals surface area (Å²) >= 11 is 13.2. The molecule has 10 heteroatoms. The van der Waals surface area contributed by atoms with Gasteiger partial charge in [-0.15, -0.1) is 0 Å². The summed E-state index contributed by atoms with van der Waals surface area (Å²) in [5, 5.41) is 10.6. The highest BCUT2D eigenvalue weighted by atomic mass is 35.5. The van der Waals surface area contributed by atoms with E-state index in [2.05, 4.69) is 4.98 Å². The number of thioether (sulfide) groups is 1. The van der Waals surface area contributed by atoms with E-state index in [-0.39, 0.29) is 30.1 Å². The second kappa shape index (κ2) is 8.54. The third kappa shape index (κ3) is 5.56. The lowest BCUT2D eigenvalue weighted by molar-refractivity contribution is -0.134. The fourth-order valence-corrected chi connectivity index (χ4v) is 3.70. The number of hydrogen-bond donors (Lipinski definition) is 1. The molecule has 0 atom stereocenters. The van der Waals surface area contributed by atoms with Gasteiger partial charge in [0.05, 0.1) is 12.2 Å². The zero-order valence-corrected chi connectivity index (χ0v) is 15.9. The summed E-state index contributed by atoms with van der Waals surface area (Å²) in [7, 11) is 0. The molecule has 1 heterocycles. The summed E-state index contributed by atoms with van der Waals surface area (Å²) in [4.78, 5) is 15.8. The molecule has 0 spiro atoms. The van der Waals surface area contributed by atoms with Crippen LogP contribution in [0.4, 0.5) is 13.2 Å². The summed E-state index contributed by atoms with van der Waals surface area (Å²) in [5.74, 6) is -1.01. The second-order valence-electron chi connectivity index (χ2n) is 5.52. The minimum Gasteiger partial charge on any atom is -0.477 e. The Bertz CT molecular complexity index is 810. The van der Waals surface area contributed by atoms with Crippen LogP contribution in [0.5, 0.6) is 0 Å². The molecule has 1 N–H and O–H groups in total. The monoisotopic (exact) mass is 426 g/mol. The van der Waals surface area contributed by atoms with Gasteiger partial charge in [-0.05, 0) is 37.1 Å². The number of carbonyl (C=O) groups is 1. The molecule has 0 aliphatic rings. The van der Waals surface area contributed by atoms with E-state index < -0.39 is 18.6 Å². The van der Waals surface area contributed by atoms with Gasteiger partial charge in [-0.2, -0.15) is 13.2 Å². The number of rotatable bonds is 7. The molecule has 0 unspecified atom stereocenters. The number of nitrogens with zero attached hydrogens (tertiary/aromatic N) is 2. The van der Waals surface area contributed by atoms with Crippen molar-refractivity contribution in [1.82, 2.24) is 9.55 Å². The third-order valence-electron chi connectivity index (χ3n) is 3.48. The van der Waals surface area contributed by atoms with E-state index >= 15 is 0 Å². The number of aryl methyl sites for hydroxylation is 1. The van der Waals surface area contributed by atoms with Gasteiger partial charge in [0, 0.05) is 22.2 Å². The van der Waals surface area contributed by atoms with Gasteiger partial charge < -0.3 is 9.67 Å². The average molecular weight is 427 g/mol. The van der Waals surface area contributed by atoms with Gasteiger partial charge in [0.1, 0.15) is 0 Å². The molecule has 142 valence electrons. The Morgan fingerprint density at radius 1 is 1.35 bits per heavy atom. The van der Waals surface area contributed by atoms with Gasteiger partial charge in [0.15, 0.2) is 10.9 Å². The van der Waals surface area contributed by atoms with E-state index in [1.54, 1.807) is 25.1 Å². The van der Waals surface area contributed by atoms with Crippen molar-refractivity contribution in [3.8, 4) is 0 Å². The molecule has 2 aromatic rings. The van der Waals surface area contributed by atoms with Crippen LogP contribution >= 0.6 is 35.0 Å². The molecular weight excluding hydrogens is 412 g/mol. The number of aromatic carboxylic acids is 1. The average Bonchev–Trinajstić information content (AvgIpc) is 2.82. The maximum absolute atomic E-state index is 12.3. The highest BCUT2D eigenvalue weighted by molar-refractivity contribution is 7.99. The normalized spacial score (nSPS) is 11.8. The first-order valence-electron chi connectivity index (χ1n) is 7.52. The Labute approximate surface area is 162 Å². The first kappa shape index (κ1) is 20.9. The molecule has 0 saturated carbocycles. The largest absolute Gasteiger partial charge is 0.477 e. The molecule has 0 fully saturated rings. The molecular formula is C16H15Cl2F3N2O2S. The topological polar surface area (TPSA) is 55.1 Å². The summed E-state index contributed by atoms with van der Waals surface area (Å²) < 4.78 is 38.2. The number of alkyl halides is 3. The minimum atomic E-state index is -4.22. The van der Waals surface area contributed by atoms with Gasteiger partial charge in [-0.3, -0.25) is 0 Å². The maximum Gasteiger partial charge on any atom is 0.389 e. The predicted molar refractivity (Wildman–Crippen MR) is 95.5 cm³/mol. The highest BCUT2D eigenvalue weighted by Gasteiger charge is 2.26. The Morgan fingerprint density at radius 3 is 2.65 bits per heavy atom. The zero-order valence-electron chi connectivity index (χ0n) is 13.6. The van der Waals surface area contributed by atoms with Gasteiger partial charge >= 0.3 is 12.1 Å². The molecule has 1 aromatic carbocycles. The van der Waals surface area contributed by atoms with Crippen molar-refractivity contribution in [2.75, 3.05) is 5.75 Å². The van der Waals surface area contributed by atoms with Gasteiger partial charge in [0.25, 0.3) is 0 Å². The molecule has 26 heavy (non-hydrogen) atoms. The first-order chi connectivity index (χ1) is 12.1. The number of aromatic nitrogens is 2. The van der Waals surface area contributed by atoms with Crippen LogP contribution in [0.1, 0.15) is 34.6 Å². The summed E-state index contributed by atoms with van der Waals surface area (Å²) in [6.45, 7) is 1.64. The van der Waals surface area contributed by atoms with Crippen molar-refractivity contribution in [1.29, 1.82) is 0 Å². The number of imidazole rings is 1. The van der Waals surface area contributed by atoms with Crippen molar-refractivity contribution < 1.29 is 23.1 Å². The van der Waals surface area contributed by atoms with Crippen LogP contribution in [0.3, 0.4) is 0 Å². The molecule has 0 saturated heterocycles. The Balaban J connectivity index is 2.27. The highest BCUT2D eigenvalue weighted by Crippen LogP contribution is 2.29. The van der Waals surface area contributed by atoms with Crippen LogP contribution in [0.25, 0.3) is 0 Å². The van der Waals surface area contributed by atoms with Crippen molar-refractivity contribution in [3.63, 3.8) is 0 Å². The van der Waals surface area contributed by atoms with E-state index in [1.807, 2.05) is 0 Å². The van der Waals surface area contributed by atoms with Crippen LogP contribution in [-0.2, 0) is 6.54 Å². The lowest BCUT2D eigenvalue weighted by atomic mass is 10.2. The van der Waals surface area contributed by atoms with E-state index in [0.29, 0.717) is 20.8 Å². The smallest absolute Gasteiger partial charge is 0.389 e. The Hall–Kier alpha value is -1.38. The molecule has 1 aromatic heterocycles. The SMILES string of the molecule is Cc1nc(SCCCC(F)(F)F)n(Cc2cc(Cl)ccc2Cl)c1C(=O)O. The van der Waals surface area contributed by atoms with Crippen LogP contribution < -0.4 is 0 Å². The van der Waals surface area contributed by atoms with Crippen molar-refractivity contribution in [2.24, 2.45) is 0 Å². The number of benzene rings is 1. The first-order valence-corrected chi connectivity index (χ1v) is 9.26. The van der Waals surface area contributed by atoms with E-state index in [4.69, 9.17) is 23.2 Å². The van der Waals surface area contributed by atoms with Crippen LogP contribution in [0, 0.1) is 6.92 Å². The quantitative estimate of drug-likeness (QED) is 0.456. The Morgan fingerprint density at radius 2 is 2.04 bits per heavy atom. The standard InChI is InChI=1S/C16H15Cl2F3N2O2S/c1-9-13(14(24)25)23(8-10-7-11(17)3-4-12(10)18)15(22-9)26-6-2-5-16(19,20)21/h3-4,7H,2,5-6,8H2,1H3,(H,24,25). The molecule has 0 aliphatic carbocycles. The summed E-state index contributed by atoms with van der Waals surface area (Å²) in [6.07, 6.45) is -5.20. The molecule has 2 rings (SSSR count). The van der Waals surface area contributed by atoms with Crippen molar-refractivity contribution >= 4 is 40.9 Å². The number of hydrogen-bond acceptors (Lipinski definition) is 3. The number of carboxylic acid groups (broad SMARTS) is 1. The second-order valence-corrected chi connectivity index (χ2v) is 7.43. The van der Waals surface area contributed by atoms with Gasteiger partial charge in [-0.25, -0.2) is 9.78 Å². The molecule has 0 bridgehead atoms. The Kier molecular flexibility index (Phi) is 6.87. The number of carboxylic acids is 1. The van der Waals surface area contributed by atoms with E-state index in [0.717, 1.165) is 11.8 Å². The summed E-state index contributed by atoms with van der Waals surface area (Å²) in [5.41, 5.74) is 0.851. The molecule has 4 nitrogen and oxygen atoms in total. The fourth-order valence-electron chi connectivity index (χ4n) is 2.35. The van der Waals surface area contributed by atoms with Crippen molar-refractivity contribution in [3.05, 3.63) is 45.2 Å². The predicted octanol–water partition coefficient (Wildman–Crippen LogP) is 5.68. The van der Waals surface area contributed by atoms with Crippen LogP contribution in [0.15, 0.2) is 23.4 Å². The number of halogens is 5. The van der Waals surface area contributed by atoms with Crippen LogP contribution in [-0.4, -0.2) is 32.6 Å². The minimum absolute atomic E-state index is 0.0284. The van der Waals surface area contributed by atoms with Gasteiger partial charge in [-0.1, -0.05) is 35.0 Å². The molecule has 0 amide bonds. The fraction of sp³-hybridized carbons (Fsp3) is 0.375. The van der Waals surface area contributed by atoms with Crippen molar-refractivity contribution in [2.45, 2.75) is 37.6 Å². The molecule has 0 radical (unpaired) electrons. The lowest BCUT2D eigenvalue weighted by Crippen LogP contribution is -2.12. The van der Waals surface area contributed by atoms with Gasteiger partial charge in [0.2, 0.25) is 0 Å². The van der Waals surface area contributed by atoms with E-state index in [9.17, 15) is 23.1 Å². The van der Waals surface area contributed by atoms with Crippen LogP contribution in [0.2, 0.25) is 10.0 Å². The maximum atomic E-state index is 12.3. The third-order valence-corrected chi connectivity index (χ3v) is 5.15. The molecule has 0 aliphatic heterocycles. The van der Waals surface area contributed by atoms with E-state index in [1.165, 1.54) is 4.57 Å². The summed E-state index contributed by atoms with van der Waals surface area (Å²) in [6, 6.07) is 4.82.